The summed E-state index contributed by atoms with van der Waals surface area (Å²) >= 11 is 0. The third kappa shape index (κ3) is 3.58. The molecule has 5 rings (SSSR count). The van der Waals surface area contributed by atoms with Crippen LogP contribution < -0.4 is 20.3 Å². The molecule has 0 aliphatic carbocycles. The number of nitrogens with one attached hydrogen (secondary N) is 2. The van der Waals surface area contributed by atoms with Crippen molar-refractivity contribution in [3.63, 3.8) is 0 Å². The lowest BCUT2D eigenvalue weighted by atomic mass is 10.0. The molecular formula is C22H24N8O2. The highest BCUT2D eigenvalue weighted by Gasteiger charge is 2.25. The van der Waals surface area contributed by atoms with Crippen molar-refractivity contribution in [3.05, 3.63) is 48.7 Å². The summed E-state index contributed by atoms with van der Waals surface area (Å²) < 4.78 is 6.90. The zero-order valence-electron chi connectivity index (χ0n) is 18.1. The van der Waals surface area contributed by atoms with Gasteiger partial charge < -0.3 is 20.3 Å². The number of ether oxygens (including phenoxy) is 1. The second-order valence-electron chi connectivity index (χ2n) is 8.04. The molecule has 10 heteroatoms. The summed E-state index contributed by atoms with van der Waals surface area (Å²) in [6, 6.07) is 4.68. The third-order valence-corrected chi connectivity index (χ3v) is 5.60. The quantitative estimate of drug-likeness (QED) is 0.505. The van der Waals surface area contributed by atoms with Gasteiger partial charge in [0.1, 0.15) is 5.52 Å². The highest BCUT2D eigenvalue weighted by atomic mass is 16.5. The Hall–Kier alpha value is -3.79. The molecule has 164 valence electrons. The Kier molecular flexibility index (Phi) is 5.06. The SMILES string of the molecule is COc1ncc2c(N3C[C@@H](C)N[C@H](C)C3)ccc(C(=O)Nc3cnn4ccncc34)c2n1. The van der Waals surface area contributed by atoms with Crippen molar-refractivity contribution in [1.29, 1.82) is 0 Å². The summed E-state index contributed by atoms with van der Waals surface area (Å²) in [4.78, 5) is 28.5. The first-order chi connectivity index (χ1) is 15.5. The smallest absolute Gasteiger partial charge is 0.316 e. The first-order valence-corrected chi connectivity index (χ1v) is 10.5. The molecule has 0 unspecified atom stereocenters. The number of carbonyl (C=O) groups is 1. The predicted octanol–water partition coefficient (Wildman–Crippen LogP) is 2.12. The Morgan fingerprint density at radius 3 is 2.78 bits per heavy atom. The minimum absolute atomic E-state index is 0.214. The van der Waals surface area contributed by atoms with E-state index in [0.29, 0.717) is 34.4 Å². The van der Waals surface area contributed by atoms with Gasteiger partial charge in [-0.25, -0.2) is 9.50 Å². The number of nitrogens with zero attached hydrogens (tertiary/aromatic N) is 6. The topological polar surface area (TPSA) is 110 Å². The lowest BCUT2D eigenvalue weighted by Gasteiger charge is -2.38. The summed E-state index contributed by atoms with van der Waals surface area (Å²) in [6.07, 6.45) is 8.35. The van der Waals surface area contributed by atoms with Crippen LogP contribution in [0.15, 0.2) is 43.1 Å². The highest BCUT2D eigenvalue weighted by molar-refractivity contribution is 6.14. The van der Waals surface area contributed by atoms with Gasteiger partial charge >= 0.3 is 6.01 Å². The Balaban J connectivity index is 1.56. The maximum Gasteiger partial charge on any atom is 0.316 e. The van der Waals surface area contributed by atoms with Crippen molar-refractivity contribution in [2.75, 3.05) is 30.4 Å². The van der Waals surface area contributed by atoms with Crippen LogP contribution in [-0.4, -0.2) is 62.8 Å². The van der Waals surface area contributed by atoms with Gasteiger partial charge in [-0.15, -0.1) is 0 Å². The summed E-state index contributed by atoms with van der Waals surface area (Å²) in [5.74, 6) is -0.289. The number of rotatable bonds is 4. The average Bonchev–Trinajstić information content (AvgIpc) is 3.20. The molecule has 0 bridgehead atoms. The molecule has 0 spiro atoms. The molecule has 1 aliphatic heterocycles. The molecule has 4 aromatic rings. The van der Waals surface area contributed by atoms with Crippen LogP contribution in [0.3, 0.4) is 0 Å². The minimum Gasteiger partial charge on any atom is -0.467 e. The number of hydrogen-bond donors (Lipinski definition) is 2. The van der Waals surface area contributed by atoms with Crippen LogP contribution in [0.1, 0.15) is 24.2 Å². The van der Waals surface area contributed by atoms with Gasteiger partial charge in [-0.2, -0.15) is 10.1 Å². The maximum absolute atomic E-state index is 13.3. The summed E-state index contributed by atoms with van der Waals surface area (Å²) in [7, 11) is 1.51. The van der Waals surface area contributed by atoms with Crippen LogP contribution in [0.4, 0.5) is 11.4 Å². The molecule has 1 aliphatic rings. The van der Waals surface area contributed by atoms with Crippen molar-refractivity contribution in [1.82, 2.24) is 29.9 Å². The number of methoxy groups -OCH3 is 1. The normalized spacial score (nSPS) is 18.8. The van der Waals surface area contributed by atoms with Crippen molar-refractivity contribution >= 4 is 33.7 Å². The van der Waals surface area contributed by atoms with Gasteiger partial charge in [0.05, 0.1) is 36.3 Å². The molecule has 2 atom stereocenters. The maximum atomic E-state index is 13.3. The molecule has 10 nitrogen and oxygen atoms in total. The molecule has 1 amide bonds. The van der Waals surface area contributed by atoms with E-state index in [4.69, 9.17) is 4.74 Å². The van der Waals surface area contributed by atoms with E-state index < -0.39 is 0 Å². The highest BCUT2D eigenvalue weighted by Crippen LogP contribution is 2.31. The van der Waals surface area contributed by atoms with E-state index in [1.165, 1.54) is 7.11 Å². The van der Waals surface area contributed by atoms with E-state index in [9.17, 15) is 4.79 Å². The fraction of sp³-hybridized carbons (Fsp3) is 0.318. The first-order valence-electron chi connectivity index (χ1n) is 10.5. The molecule has 2 N–H and O–H groups in total. The lowest BCUT2D eigenvalue weighted by Crippen LogP contribution is -2.54. The molecule has 1 fully saturated rings. The number of piperazine rings is 1. The summed E-state index contributed by atoms with van der Waals surface area (Å²) in [5.41, 5.74) is 3.26. The third-order valence-electron chi connectivity index (χ3n) is 5.60. The van der Waals surface area contributed by atoms with E-state index in [-0.39, 0.29) is 11.9 Å². The Bertz CT molecular complexity index is 1290. The fourth-order valence-corrected chi connectivity index (χ4v) is 4.29. The average molecular weight is 432 g/mol. The Morgan fingerprint density at radius 2 is 2.00 bits per heavy atom. The van der Waals surface area contributed by atoms with Gasteiger partial charge in [0.15, 0.2) is 0 Å². The second kappa shape index (κ2) is 8.04. The summed E-state index contributed by atoms with van der Waals surface area (Å²) in [6.45, 7) is 6.04. The van der Waals surface area contributed by atoms with Crippen LogP contribution in [-0.2, 0) is 0 Å². The number of carbonyl (C=O) groups excluding carboxylic acids is 1. The molecular weight excluding hydrogens is 408 g/mol. The van der Waals surface area contributed by atoms with E-state index >= 15 is 0 Å². The zero-order valence-corrected chi connectivity index (χ0v) is 18.1. The lowest BCUT2D eigenvalue weighted by molar-refractivity contribution is 0.102. The molecule has 1 aromatic carbocycles. The van der Waals surface area contributed by atoms with Crippen molar-refractivity contribution < 1.29 is 9.53 Å². The van der Waals surface area contributed by atoms with Gasteiger partial charge in [-0.3, -0.25) is 9.78 Å². The number of hydrogen-bond acceptors (Lipinski definition) is 8. The second-order valence-corrected chi connectivity index (χ2v) is 8.04. The van der Waals surface area contributed by atoms with E-state index in [1.54, 1.807) is 41.6 Å². The van der Waals surface area contributed by atoms with Gasteiger partial charge in [-0.05, 0) is 26.0 Å². The van der Waals surface area contributed by atoms with Crippen molar-refractivity contribution in [2.45, 2.75) is 25.9 Å². The van der Waals surface area contributed by atoms with Gasteiger partial charge in [-0.1, -0.05) is 0 Å². The molecule has 0 saturated carbocycles. The Morgan fingerprint density at radius 1 is 1.19 bits per heavy atom. The van der Waals surface area contributed by atoms with Crippen LogP contribution in [0.2, 0.25) is 0 Å². The first kappa shape index (κ1) is 20.1. The molecule has 1 saturated heterocycles. The van der Waals surface area contributed by atoms with Crippen LogP contribution in [0.5, 0.6) is 6.01 Å². The Labute approximate surface area is 184 Å². The number of aromatic nitrogens is 5. The van der Waals surface area contributed by atoms with Gasteiger partial charge in [0.2, 0.25) is 0 Å². The number of amides is 1. The minimum atomic E-state index is -0.289. The molecule has 32 heavy (non-hydrogen) atoms. The fourth-order valence-electron chi connectivity index (χ4n) is 4.29. The summed E-state index contributed by atoms with van der Waals surface area (Å²) in [5, 5.41) is 11.5. The predicted molar refractivity (Wildman–Crippen MR) is 121 cm³/mol. The van der Waals surface area contributed by atoms with E-state index in [1.807, 2.05) is 6.07 Å². The number of benzene rings is 1. The van der Waals surface area contributed by atoms with Crippen LogP contribution >= 0.6 is 0 Å². The largest absolute Gasteiger partial charge is 0.467 e. The van der Waals surface area contributed by atoms with Crippen LogP contribution in [0.25, 0.3) is 16.4 Å². The van der Waals surface area contributed by atoms with Crippen molar-refractivity contribution in [3.8, 4) is 6.01 Å². The van der Waals surface area contributed by atoms with E-state index in [0.717, 1.165) is 24.2 Å². The zero-order chi connectivity index (χ0) is 22.2. The van der Waals surface area contributed by atoms with Gasteiger partial charge in [0, 0.05) is 54.8 Å². The number of fused-ring (bicyclic) bond motifs is 2. The van der Waals surface area contributed by atoms with Gasteiger partial charge in [0.25, 0.3) is 5.91 Å². The molecule has 0 radical (unpaired) electrons. The van der Waals surface area contributed by atoms with E-state index in [2.05, 4.69) is 49.4 Å². The molecule has 4 heterocycles. The van der Waals surface area contributed by atoms with Crippen molar-refractivity contribution in [2.24, 2.45) is 0 Å². The standard InChI is InChI=1S/C22H24N8O2/c1-13-11-29(12-14(2)26-13)18-5-4-15(20-16(18)8-24-22(28-20)32-3)21(31)27-17-9-25-30-7-6-23-10-19(17)30/h4-10,13-14,26H,11-12H2,1-3H3,(H,27,31)/t13-,14-/m1/s1. The van der Waals surface area contributed by atoms with Crippen LogP contribution in [0, 0.1) is 0 Å². The number of anilines is 2. The molecule has 3 aromatic heterocycles. The monoisotopic (exact) mass is 432 g/mol.